The summed E-state index contributed by atoms with van der Waals surface area (Å²) >= 11 is 0. The molecule has 2 aromatic carbocycles. The number of hydrazone groups is 1. The summed E-state index contributed by atoms with van der Waals surface area (Å²) in [4.78, 5) is 25.2. The summed E-state index contributed by atoms with van der Waals surface area (Å²) < 4.78 is 11.5. The molecule has 2 aromatic rings. The van der Waals surface area contributed by atoms with Crippen LogP contribution in [0.5, 0.6) is 11.5 Å². The number of unbranched alkanes of at least 4 members (excludes halogenated alkanes) is 1. The van der Waals surface area contributed by atoms with Crippen molar-refractivity contribution in [3.63, 3.8) is 0 Å². The Hall–Kier alpha value is -3.35. The Kier molecular flexibility index (Phi) is 10.4. The van der Waals surface area contributed by atoms with E-state index in [1.54, 1.807) is 12.1 Å². The molecule has 2 N–H and O–H groups in total. The van der Waals surface area contributed by atoms with E-state index in [9.17, 15) is 9.59 Å². The van der Waals surface area contributed by atoms with E-state index >= 15 is 0 Å². The number of carbonyl (C=O) groups excluding carboxylic acids is 2. The first-order chi connectivity index (χ1) is 15.8. The summed E-state index contributed by atoms with van der Waals surface area (Å²) in [5, 5.41) is 6.87. The first-order valence-electron chi connectivity index (χ1n) is 11.5. The van der Waals surface area contributed by atoms with Gasteiger partial charge in [0.15, 0.2) is 11.5 Å². The van der Waals surface area contributed by atoms with Crippen molar-refractivity contribution >= 4 is 18.0 Å². The van der Waals surface area contributed by atoms with Gasteiger partial charge in [-0.25, -0.2) is 5.43 Å². The molecule has 7 nitrogen and oxygen atoms in total. The Morgan fingerprint density at radius 2 is 1.76 bits per heavy atom. The van der Waals surface area contributed by atoms with Crippen LogP contribution in [0.1, 0.15) is 62.0 Å². The topological polar surface area (TPSA) is 89.0 Å². The van der Waals surface area contributed by atoms with Crippen molar-refractivity contribution in [1.29, 1.82) is 0 Å². The lowest BCUT2D eigenvalue weighted by Crippen LogP contribution is -2.48. The Morgan fingerprint density at radius 3 is 2.39 bits per heavy atom. The van der Waals surface area contributed by atoms with Crippen LogP contribution < -0.4 is 20.2 Å². The lowest BCUT2D eigenvalue weighted by Gasteiger charge is -2.20. The number of hydrogen-bond donors (Lipinski definition) is 2. The van der Waals surface area contributed by atoms with Gasteiger partial charge in [0.05, 0.1) is 19.4 Å². The lowest BCUT2D eigenvalue weighted by molar-refractivity contribution is -0.123. The lowest BCUT2D eigenvalue weighted by atomic mass is 10.0. The van der Waals surface area contributed by atoms with Crippen molar-refractivity contribution in [3.05, 3.63) is 59.2 Å². The van der Waals surface area contributed by atoms with Crippen molar-refractivity contribution in [1.82, 2.24) is 10.7 Å². The molecule has 33 heavy (non-hydrogen) atoms. The molecule has 0 saturated heterocycles. The Balaban J connectivity index is 2.02. The standard InChI is InChI=1S/C26H35N3O4/c1-6-8-15-33-22-14-11-20(16-23(22)32-7-2)17-27-29-26(31)24(18(3)4)28-25(30)21-12-9-19(5)10-13-21/h9-14,16-18,24H,6-8,15H2,1-5H3,(H,28,30)(H,29,31). The molecule has 0 aliphatic heterocycles. The van der Waals surface area contributed by atoms with Crippen LogP contribution in [0, 0.1) is 12.8 Å². The van der Waals surface area contributed by atoms with Gasteiger partial charge in [-0.2, -0.15) is 5.10 Å². The van der Waals surface area contributed by atoms with Gasteiger partial charge < -0.3 is 14.8 Å². The molecular weight excluding hydrogens is 418 g/mol. The summed E-state index contributed by atoms with van der Waals surface area (Å²) in [5.41, 5.74) is 4.85. The number of amides is 2. The number of carbonyl (C=O) groups is 2. The van der Waals surface area contributed by atoms with Crippen molar-refractivity contribution < 1.29 is 19.1 Å². The number of ether oxygens (including phenoxy) is 2. The molecule has 0 spiro atoms. The van der Waals surface area contributed by atoms with Crippen molar-refractivity contribution in [2.75, 3.05) is 13.2 Å². The highest BCUT2D eigenvalue weighted by atomic mass is 16.5. The molecule has 0 radical (unpaired) electrons. The molecule has 0 heterocycles. The molecular formula is C26H35N3O4. The number of nitrogens with one attached hydrogen (secondary N) is 2. The van der Waals surface area contributed by atoms with Gasteiger partial charge >= 0.3 is 0 Å². The molecule has 0 aliphatic carbocycles. The van der Waals surface area contributed by atoms with Gasteiger partial charge in [-0.1, -0.05) is 44.9 Å². The van der Waals surface area contributed by atoms with Crippen LogP contribution in [0.25, 0.3) is 0 Å². The molecule has 7 heteroatoms. The van der Waals surface area contributed by atoms with E-state index in [2.05, 4.69) is 22.8 Å². The molecule has 0 aliphatic rings. The second-order valence-corrected chi connectivity index (χ2v) is 8.14. The molecule has 1 atom stereocenters. The minimum absolute atomic E-state index is 0.112. The van der Waals surface area contributed by atoms with Crippen molar-refractivity contribution in [3.8, 4) is 11.5 Å². The quantitative estimate of drug-likeness (QED) is 0.282. The maximum absolute atomic E-state index is 12.7. The summed E-state index contributed by atoms with van der Waals surface area (Å²) in [6, 6.07) is 12.0. The van der Waals surface area contributed by atoms with E-state index in [1.165, 1.54) is 6.21 Å². The number of aryl methyl sites for hydroxylation is 1. The SMILES string of the molecule is CCCCOc1ccc(C=NNC(=O)C(NC(=O)c2ccc(C)cc2)C(C)C)cc1OCC. The maximum atomic E-state index is 12.7. The van der Waals surface area contributed by atoms with Crippen LogP contribution in [0.2, 0.25) is 0 Å². The van der Waals surface area contributed by atoms with Crippen LogP contribution in [-0.4, -0.2) is 37.3 Å². The summed E-state index contributed by atoms with van der Waals surface area (Å²) in [7, 11) is 0. The highest BCUT2D eigenvalue weighted by Crippen LogP contribution is 2.28. The monoisotopic (exact) mass is 453 g/mol. The average molecular weight is 454 g/mol. The third-order valence-electron chi connectivity index (χ3n) is 4.96. The fraction of sp³-hybridized carbons (Fsp3) is 0.423. The van der Waals surface area contributed by atoms with Crippen LogP contribution in [0.3, 0.4) is 0 Å². The Labute approximate surface area is 196 Å². The summed E-state index contributed by atoms with van der Waals surface area (Å²) in [5.74, 6) is 0.525. The molecule has 178 valence electrons. The number of nitrogens with zero attached hydrogens (tertiary/aromatic N) is 1. The van der Waals surface area contributed by atoms with Gasteiger partial charge in [-0.15, -0.1) is 0 Å². The Morgan fingerprint density at radius 1 is 1.03 bits per heavy atom. The molecule has 0 saturated carbocycles. The predicted octanol–water partition coefficient (Wildman–Crippen LogP) is 4.48. The third-order valence-corrected chi connectivity index (χ3v) is 4.96. The maximum Gasteiger partial charge on any atom is 0.262 e. The van der Waals surface area contributed by atoms with Crippen LogP contribution in [0.15, 0.2) is 47.6 Å². The van der Waals surface area contributed by atoms with Crippen molar-refractivity contribution in [2.24, 2.45) is 11.0 Å². The largest absolute Gasteiger partial charge is 0.490 e. The smallest absolute Gasteiger partial charge is 0.262 e. The zero-order chi connectivity index (χ0) is 24.2. The van der Waals surface area contributed by atoms with Gasteiger partial charge in [0.2, 0.25) is 0 Å². The first kappa shape index (κ1) is 25.9. The van der Waals surface area contributed by atoms with E-state index in [0.29, 0.717) is 30.3 Å². The average Bonchev–Trinajstić information content (AvgIpc) is 2.79. The highest BCUT2D eigenvalue weighted by molar-refractivity contribution is 5.97. The fourth-order valence-corrected chi connectivity index (χ4v) is 3.02. The number of hydrogen-bond acceptors (Lipinski definition) is 5. The zero-order valence-electron chi connectivity index (χ0n) is 20.2. The molecule has 2 amide bonds. The third kappa shape index (κ3) is 8.25. The summed E-state index contributed by atoms with van der Waals surface area (Å²) in [6.07, 6.45) is 3.56. The normalized spacial score (nSPS) is 11.9. The molecule has 0 fully saturated rings. The van der Waals surface area contributed by atoms with Gasteiger partial charge in [0.25, 0.3) is 11.8 Å². The number of benzene rings is 2. The van der Waals surface area contributed by atoms with Gasteiger partial charge in [0, 0.05) is 5.56 Å². The molecule has 0 aromatic heterocycles. The zero-order valence-corrected chi connectivity index (χ0v) is 20.2. The van der Waals surface area contributed by atoms with E-state index in [4.69, 9.17) is 9.47 Å². The minimum Gasteiger partial charge on any atom is -0.490 e. The van der Waals surface area contributed by atoms with E-state index in [-0.39, 0.29) is 17.7 Å². The predicted molar refractivity (Wildman–Crippen MR) is 131 cm³/mol. The van der Waals surface area contributed by atoms with Crippen LogP contribution >= 0.6 is 0 Å². The number of rotatable bonds is 12. The van der Waals surface area contributed by atoms with Crippen LogP contribution in [0.4, 0.5) is 0 Å². The first-order valence-corrected chi connectivity index (χ1v) is 11.5. The fourth-order valence-electron chi connectivity index (χ4n) is 3.02. The van der Waals surface area contributed by atoms with Gasteiger partial charge in [-0.05, 0) is 62.1 Å². The van der Waals surface area contributed by atoms with E-state index in [1.807, 2.05) is 58.0 Å². The van der Waals surface area contributed by atoms with E-state index in [0.717, 1.165) is 24.0 Å². The van der Waals surface area contributed by atoms with Gasteiger partial charge in [0.1, 0.15) is 6.04 Å². The highest BCUT2D eigenvalue weighted by Gasteiger charge is 2.24. The minimum atomic E-state index is -0.718. The Bertz CT molecular complexity index is 939. The summed E-state index contributed by atoms with van der Waals surface area (Å²) in [6.45, 7) is 10.9. The molecule has 0 bridgehead atoms. The second kappa shape index (κ2) is 13.3. The van der Waals surface area contributed by atoms with Crippen molar-refractivity contribution in [2.45, 2.75) is 53.5 Å². The van der Waals surface area contributed by atoms with E-state index < -0.39 is 6.04 Å². The van der Waals surface area contributed by atoms with Gasteiger partial charge in [-0.3, -0.25) is 9.59 Å². The van der Waals surface area contributed by atoms with Crippen LogP contribution in [-0.2, 0) is 4.79 Å². The second-order valence-electron chi connectivity index (χ2n) is 8.14. The molecule has 2 rings (SSSR count). The molecule has 1 unspecified atom stereocenters.